The molecule has 0 heterocycles. The molecule has 1 N–H and O–H groups in total. The molecule has 0 spiro atoms. The largest absolute Gasteiger partial charge is 0.392 e. The molecular weight excluding hydrogens is 186 g/mol. The molecule has 0 radical (unpaired) electrons. The molecule has 2 nitrogen and oxygen atoms in total. The van der Waals surface area contributed by atoms with Crippen molar-refractivity contribution in [3.63, 3.8) is 0 Å². The maximum Gasteiger partial charge on any atom is 0.0685 e. The molecule has 0 bridgehead atoms. The fourth-order valence-electron chi connectivity index (χ4n) is 1.24. The molecule has 1 aromatic carbocycles. The lowest BCUT2D eigenvalue weighted by Crippen LogP contribution is -2.12. The van der Waals surface area contributed by atoms with Crippen molar-refractivity contribution in [2.45, 2.75) is 13.2 Å². The second kappa shape index (κ2) is 4.61. The Kier molecular flexibility index (Phi) is 3.72. The zero-order valence-electron chi connectivity index (χ0n) is 7.92. The summed E-state index contributed by atoms with van der Waals surface area (Å²) in [6, 6.07) is 5.59. The molecule has 0 aromatic heterocycles. The van der Waals surface area contributed by atoms with Crippen LogP contribution in [-0.2, 0) is 13.2 Å². The topological polar surface area (TPSA) is 23.5 Å². The number of halogens is 1. The van der Waals surface area contributed by atoms with Crippen LogP contribution in [-0.4, -0.2) is 24.1 Å². The minimum absolute atomic E-state index is 0.0454. The number of rotatable bonds is 3. The normalized spacial score (nSPS) is 10.8. The van der Waals surface area contributed by atoms with Gasteiger partial charge in [0.05, 0.1) is 6.61 Å². The molecule has 0 aliphatic rings. The summed E-state index contributed by atoms with van der Waals surface area (Å²) >= 11 is 6.01. The van der Waals surface area contributed by atoms with E-state index in [1.807, 2.05) is 37.2 Å². The Labute approximate surface area is 83.7 Å². The van der Waals surface area contributed by atoms with Crippen LogP contribution in [0.1, 0.15) is 11.1 Å². The summed E-state index contributed by atoms with van der Waals surface area (Å²) in [6.45, 7) is 0.805. The molecule has 0 amide bonds. The van der Waals surface area contributed by atoms with Crippen LogP contribution in [0.3, 0.4) is 0 Å². The van der Waals surface area contributed by atoms with Gasteiger partial charge in [0.15, 0.2) is 0 Å². The maximum absolute atomic E-state index is 9.08. The van der Waals surface area contributed by atoms with Crippen molar-refractivity contribution >= 4 is 11.6 Å². The highest BCUT2D eigenvalue weighted by molar-refractivity contribution is 6.31. The quantitative estimate of drug-likeness (QED) is 0.804. The Hall–Kier alpha value is -0.570. The fraction of sp³-hybridized carbons (Fsp3) is 0.400. The number of hydrogen-bond acceptors (Lipinski definition) is 2. The van der Waals surface area contributed by atoms with Gasteiger partial charge in [0.2, 0.25) is 0 Å². The SMILES string of the molecule is CN(C)Cc1c(Cl)cccc1CO. The molecule has 0 aliphatic heterocycles. The Morgan fingerprint density at radius 1 is 1.38 bits per heavy atom. The molecule has 1 rings (SSSR count). The van der Waals surface area contributed by atoms with E-state index in [4.69, 9.17) is 16.7 Å². The van der Waals surface area contributed by atoms with E-state index in [-0.39, 0.29) is 6.61 Å². The Morgan fingerprint density at radius 3 is 2.62 bits per heavy atom. The third kappa shape index (κ3) is 2.69. The van der Waals surface area contributed by atoms with E-state index in [1.54, 1.807) is 0 Å². The van der Waals surface area contributed by atoms with Crippen LogP contribution in [0.2, 0.25) is 5.02 Å². The van der Waals surface area contributed by atoms with E-state index in [0.717, 1.165) is 22.7 Å². The van der Waals surface area contributed by atoms with Crippen LogP contribution < -0.4 is 0 Å². The Morgan fingerprint density at radius 2 is 2.08 bits per heavy atom. The molecule has 0 saturated heterocycles. The van der Waals surface area contributed by atoms with E-state index >= 15 is 0 Å². The first-order valence-corrected chi connectivity index (χ1v) is 4.54. The van der Waals surface area contributed by atoms with Crippen molar-refractivity contribution in [2.75, 3.05) is 14.1 Å². The summed E-state index contributed by atoms with van der Waals surface area (Å²) in [7, 11) is 3.95. The van der Waals surface area contributed by atoms with Gasteiger partial charge in [-0.25, -0.2) is 0 Å². The number of aliphatic hydroxyl groups excluding tert-OH is 1. The molecule has 72 valence electrons. The predicted molar refractivity (Wildman–Crippen MR) is 54.8 cm³/mol. The van der Waals surface area contributed by atoms with Crippen LogP contribution >= 0.6 is 11.6 Å². The third-order valence-electron chi connectivity index (χ3n) is 1.86. The van der Waals surface area contributed by atoms with Crippen LogP contribution in [0.5, 0.6) is 0 Å². The van der Waals surface area contributed by atoms with Gasteiger partial charge in [-0.15, -0.1) is 0 Å². The van der Waals surface area contributed by atoms with E-state index in [0.29, 0.717) is 0 Å². The monoisotopic (exact) mass is 199 g/mol. The van der Waals surface area contributed by atoms with Crippen LogP contribution in [0.15, 0.2) is 18.2 Å². The molecule has 13 heavy (non-hydrogen) atoms. The minimum Gasteiger partial charge on any atom is -0.392 e. The van der Waals surface area contributed by atoms with Gasteiger partial charge in [-0.1, -0.05) is 23.7 Å². The average Bonchev–Trinajstić information content (AvgIpc) is 2.08. The summed E-state index contributed by atoms with van der Waals surface area (Å²) < 4.78 is 0. The predicted octanol–water partition coefficient (Wildman–Crippen LogP) is 1.89. The van der Waals surface area contributed by atoms with E-state index in [9.17, 15) is 0 Å². The first-order chi connectivity index (χ1) is 6.15. The van der Waals surface area contributed by atoms with Gasteiger partial charge in [0.25, 0.3) is 0 Å². The summed E-state index contributed by atoms with van der Waals surface area (Å²) in [6.07, 6.45) is 0. The van der Waals surface area contributed by atoms with E-state index < -0.39 is 0 Å². The first kappa shape index (κ1) is 10.5. The lowest BCUT2D eigenvalue weighted by atomic mass is 10.1. The fourth-order valence-corrected chi connectivity index (χ4v) is 1.50. The highest BCUT2D eigenvalue weighted by Crippen LogP contribution is 2.21. The van der Waals surface area contributed by atoms with Crippen molar-refractivity contribution in [3.8, 4) is 0 Å². The minimum atomic E-state index is 0.0454. The molecule has 0 fully saturated rings. The smallest absolute Gasteiger partial charge is 0.0685 e. The second-order valence-corrected chi connectivity index (χ2v) is 3.68. The molecule has 0 unspecified atom stereocenters. The molecular formula is C10H14ClNO. The maximum atomic E-state index is 9.08. The van der Waals surface area contributed by atoms with Crippen LogP contribution in [0, 0.1) is 0 Å². The molecule has 1 aromatic rings. The zero-order chi connectivity index (χ0) is 9.84. The van der Waals surface area contributed by atoms with Crippen molar-refractivity contribution < 1.29 is 5.11 Å². The van der Waals surface area contributed by atoms with Crippen molar-refractivity contribution in [3.05, 3.63) is 34.3 Å². The molecule has 0 aliphatic carbocycles. The lowest BCUT2D eigenvalue weighted by Gasteiger charge is -2.14. The Balaban J connectivity index is 3.00. The third-order valence-corrected chi connectivity index (χ3v) is 2.21. The number of benzene rings is 1. The van der Waals surface area contributed by atoms with E-state index in [2.05, 4.69) is 0 Å². The standard InChI is InChI=1S/C10H14ClNO/c1-12(2)6-9-8(7-13)4-3-5-10(9)11/h3-5,13H,6-7H2,1-2H3. The van der Waals surface area contributed by atoms with E-state index in [1.165, 1.54) is 0 Å². The number of hydrogen-bond donors (Lipinski definition) is 1. The van der Waals surface area contributed by atoms with Gasteiger partial charge in [-0.3, -0.25) is 0 Å². The lowest BCUT2D eigenvalue weighted by molar-refractivity contribution is 0.278. The number of aliphatic hydroxyl groups is 1. The second-order valence-electron chi connectivity index (χ2n) is 3.27. The average molecular weight is 200 g/mol. The van der Waals surface area contributed by atoms with Gasteiger partial charge in [0.1, 0.15) is 0 Å². The van der Waals surface area contributed by atoms with Gasteiger partial charge in [-0.2, -0.15) is 0 Å². The molecule has 0 saturated carbocycles. The van der Waals surface area contributed by atoms with Crippen molar-refractivity contribution in [2.24, 2.45) is 0 Å². The summed E-state index contributed by atoms with van der Waals surface area (Å²) in [4.78, 5) is 2.03. The van der Waals surface area contributed by atoms with Gasteiger partial charge in [0, 0.05) is 11.6 Å². The Bertz CT molecular complexity index is 286. The van der Waals surface area contributed by atoms with Gasteiger partial charge < -0.3 is 10.0 Å². The van der Waals surface area contributed by atoms with Crippen LogP contribution in [0.25, 0.3) is 0 Å². The molecule has 3 heteroatoms. The van der Waals surface area contributed by atoms with Gasteiger partial charge >= 0.3 is 0 Å². The highest BCUT2D eigenvalue weighted by Gasteiger charge is 2.06. The summed E-state index contributed by atoms with van der Waals surface area (Å²) in [5.41, 5.74) is 1.91. The highest BCUT2D eigenvalue weighted by atomic mass is 35.5. The van der Waals surface area contributed by atoms with Crippen molar-refractivity contribution in [1.82, 2.24) is 4.90 Å². The zero-order valence-corrected chi connectivity index (χ0v) is 8.67. The summed E-state index contributed by atoms with van der Waals surface area (Å²) in [5, 5.41) is 9.80. The first-order valence-electron chi connectivity index (χ1n) is 4.17. The molecule has 0 atom stereocenters. The van der Waals surface area contributed by atoms with Crippen molar-refractivity contribution in [1.29, 1.82) is 0 Å². The van der Waals surface area contributed by atoms with Crippen LogP contribution in [0.4, 0.5) is 0 Å². The number of nitrogens with zero attached hydrogens (tertiary/aromatic N) is 1. The summed E-state index contributed by atoms with van der Waals surface area (Å²) in [5.74, 6) is 0. The van der Waals surface area contributed by atoms with Gasteiger partial charge in [-0.05, 0) is 31.3 Å².